The van der Waals surface area contributed by atoms with E-state index in [0.29, 0.717) is 0 Å². The molecule has 0 spiro atoms. The van der Waals surface area contributed by atoms with Gasteiger partial charge < -0.3 is 14.8 Å². The van der Waals surface area contributed by atoms with Crippen molar-refractivity contribution in [2.24, 2.45) is 15.3 Å². The Bertz CT molecular complexity index is 815. The molecule has 1 N–H and O–H groups in total. The maximum Gasteiger partial charge on any atom is 0.217 e. The highest BCUT2D eigenvalue weighted by Gasteiger charge is 2.46. The van der Waals surface area contributed by atoms with Crippen LogP contribution in [0.3, 0.4) is 0 Å². The molecule has 1 aliphatic heterocycles. The number of carbonyl (C=O) groups excluding carboxylic acids is 1. The van der Waals surface area contributed by atoms with Gasteiger partial charge in [0, 0.05) is 21.7 Å². The van der Waals surface area contributed by atoms with Crippen LogP contribution in [0.1, 0.15) is 12.5 Å². The highest BCUT2D eigenvalue weighted by Crippen LogP contribution is 2.28. The van der Waals surface area contributed by atoms with Crippen molar-refractivity contribution in [2.45, 2.75) is 44.1 Å². The normalized spacial score (nSPS) is 26.1. The molecule has 0 unspecified atom stereocenters. The van der Waals surface area contributed by atoms with Gasteiger partial charge in [0.15, 0.2) is 6.29 Å². The van der Waals surface area contributed by atoms with Crippen molar-refractivity contribution in [3.63, 3.8) is 0 Å². The summed E-state index contributed by atoms with van der Waals surface area (Å²) in [5.41, 5.74) is 27.3. The summed E-state index contributed by atoms with van der Waals surface area (Å²) in [6, 6.07) is 6.35. The number of rotatable bonds is 8. The van der Waals surface area contributed by atoms with Gasteiger partial charge in [-0.1, -0.05) is 45.7 Å². The van der Waals surface area contributed by atoms with Crippen LogP contribution in [0.15, 0.2) is 45.7 Å². The van der Waals surface area contributed by atoms with Gasteiger partial charge in [-0.25, -0.2) is 0 Å². The van der Waals surface area contributed by atoms with E-state index in [4.69, 9.17) is 26.1 Å². The summed E-state index contributed by atoms with van der Waals surface area (Å²) < 4.78 is 11.6. The third-order valence-corrected chi connectivity index (χ3v) is 4.03. The first-order chi connectivity index (χ1) is 13.6. The van der Waals surface area contributed by atoms with Crippen LogP contribution in [0.4, 0.5) is 0 Å². The molecule has 5 atom stereocenters. The number of carbonyl (C=O) groups is 1. The molecule has 1 heterocycles. The van der Waals surface area contributed by atoms with E-state index < -0.39 is 36.4 Å². The highest BCUT2D eigenvalue weighted by atomic mass is 16.7. The Labute approximate surface area is 159 Å². The summed E-state index contributed by atoms with van der Waals surface area (Å²) in [6.07, 6.45) is -1.94. The minimum atomic E-state index is -1.06. The fourth-order valence-corrected chi connectivity index (χ4v) is 2.89. The molecular formula is C15H18N10O3. The molecule has 1 amide bonds. The van der Waals surface area contributed by atoms with Crippen molar-refractivity contribution >= 4 is 5.91 Å². The number of amides is 1. The van der Waals surface area contributed by atoms with E-state index >= 15 is 0 Å². The largest absolute Gasteiger partial charge is 0.352 e. The quantitative estimate of drug-likeness (QED) is 0.408. The molecule has 146 valence electrons. The summed E-state index contributed by atoms with van der Waals surface area (Å²) in [5.74, 6) is -0.424. The van der Waals surface area contributed by atoms with Gasteiger partial charge in [0.05, 0.1) is 31.3 Å². The molecule has 2 rings (SSSR count). The summed E-state index contributed by atoms with van der Waals surface area (Å²) in [5, 5.41) is 13.4. The Morgan fingerprint density at radius 3 is 2.43 bits per heavy atom. The predicted octanol–water partition coefficient (Wildman–Crippen LogP) is 3.10. The number of benzene rings is 1. The maximum absolute atomic E-state index is 11.7. The molecule has 1 aliphatic rings. The van der Waals surface area contributed by atoms with Gasteiger partial charge in [-0.05, 0) is 22.2 Å². The van der Waals surface area contributed by atoms with Gasteiger partial charge in [0.1, 0.15) is 6.04 Å². The summed E-state index contributed by atoms with van der Waals surface area (Å²) in [7, 11) is 0. The van der Waals surface area contributed by atoms with Gasteiger partial charge in [0.2, 0.25) is 5.91 Å². The van der Waals surface area contributed by atoms with E-state index in [1.54, 1.807) is 0 Å². The number of azide groups is 3. The van der Waals surface area contributed by atoms with Gasteiger partial charge >= 0.3 is 0 Å². The van der Waals surface area contributed by atoms with Crippen molar-refractivity contribution < 1.29 is 14.3 Å². The first kappa shape index (κ1) is 20.8. The Balaban J connectivity index is 2.34. The fourth-order valence-electron chi connectivity index (χ4n) is 2.89. The molecule has 0 bridgehead atoms. The first-order valence-electron chi connectivity index (χ1n) is 8.28. The monoisotopic (exact) mass is 386 g/mol. The van der Waals surface area contributed by atoms with Crippen molar-refractivity contribution in [2.75, 3.05) is 6.54 Å². The van der Waals surface area contributed by atoms with Crippen LogP contribution in [0.2, 0.25) is 0 Å². The molecule has 1 aromatic rings. The number of hydrogen-bond donors (Lipinski definition) is 1. The zero-order valence-electron chi connectivity index (χ0n) is 14.9. The number of nitrogens with one attached hydrogen (secondary N) is 1. The molecule has 0 saturated carbocycles. The summed E-state index contributed by atoms with van der Waals surface area (Å²) >= 11 is 0. The standard InChI is InChI=1S/C15H18N10O3/c1-9(26)20-13-12(21-24-17)11(7-19-23-16)28-15(14(13)22-25-18)27-8-10-5-3-2-4-6-10/h2-6,11-15H,7-8H2,1H3,(H,20,26)/t11-,12+,13-,14+,15-/m0/s1. The Morgan fingerprint density at radius 2 is 1.82 bits per heavy atom. The fraction of sp³-hybridized carbons (Fsp3) is 0.533. The minimum absolute atomic E-state index is 0.149. The van der Waals surface area contributed by atoms with Gasteiger partial charge in [-0.2, -0.15) is 0 Å². The second-order valence-electron chi connectivity index (χ2n) is 5.87. The molecule has 0 aromatic heterocycles. The topological polar surface area (TPSA) is 194 Å². The lowest BCUT2D eigenvalue weighted by molar-refractivity contribution is -0.216. The van der Waals surface area contributed by atoms with Crippen molar-refractivity contribution in [3.05, 3.63) is 67.2 Å². The Morgan fingerprint density at radius 1 is 1.14 bits per heavy atom. The minimum Gasteiger partial charge on any atom is -0.352 e. The lowest BCUT2D eigenvalue weighted by Crippen LogP contribution is -2.63. The van der Waals surface area contributed by atoms with E-state index in [9.17, 15) is 4.79 Å². The van der Waals surface area contributed by atoms with E-state index in [-0.39, 0.29) is 13.2 Å². The van der Waals surface area contributed by atoms with Crippen molar-refractivity contribution in [1.82, 2.24) is 5.32 Å². The zero-order valence-corrected chi connectivity index (χ0v) is 14.9. The molecule has 13 heteroatoms. The van der Waals surface area contributed by atoms with Crippen LogP contribution in [0.5, 0.6) is 0 Å². The molecular weight excluding hydrogens is 368 g/mol. The second kappa shape index (κ2) is 10.6. The molecule has 1 saturated heterocycles. The van der Waals surface area contributed by atoms with Crippen LogP contribution in [-0.2, 0) is 20.9 Å². The first-order valence-corrected chi connectivity index (χ1v) is 8.28. The Hall–Kier alpha value is -3.46. The molecule has 0 radical (unpaired) electrons. The summed E-state index contributed by atoms with van der Waals surface area (Å²) in [4.78, 5) is 19.9. The van der Waals surface area contributed by atoms with E-state index in [2.05, 4.69) is 35.4 Å². The van der Waals surface area contributed by atoms with Crippen LogP contribution in [0, 0.1) is 0 Å². The molecule has 1 aromatic carbocycles. The number of nitrogens with zero attached hydrogens (tertiary/aromatic N) is 9. The van der Waals surface area contributed by atoms with Gasteiger partial charge in [-0.3, -0.25) is 4.79 Å². The van der Waals surface area contributed by atoms with Crippen LogP contribution < -0.4 is 5.32 Å². The van der Waals surface area contributed by atoms with Crippen LogP contribution in [0.25, 0.3) is 31.3 Å². The highest BCUT2D eigenvalue weighted by molar-refractivity contribution is 5.73. The average molecular weight is 386 g/mol. The number of ether oxygens (including phenoxy) is 2. The van der Waals surface area contributed by atoms with Crippen molar-refractivity contribution in [1.29, 1.82) is 0 Å². The zero-order chi connectivity index (χ0) is 20.4. The molecule has 0 aliphatic carbocycles. The van der Waals surface area contributed by atoms with Crippen LogP contribution >= 0.6 is 0 Å². The number of hydrogen-bond acceptors (Lipinski definition) is 6. The lowest BCUT2D eigenvalue weighted by atomic mass is 9.92. The SMILES string of the molecule is CC(=O)N[C@@H]1[C@@H](N=[N+]=[N-])[C@@H](OCc2ccccc2)O[C@@H](CN=[N+]=[N-])[C@H]1N=[N+]=[N-]. The second-order valence-corrected chi connectivity index (χ2v) is 5.87. The predicted molar refractivity (Wildman–Crippen MR) is 97.4 cm³/mol. The smallest absolute Gasteiger partial charge is 0.217 e. The third kappa shape index (κ3) is 5.52. The van der Waals surface area contributed by atoms with Crippen molar-refractivity contribution in [3.8, 4) is 0 Å². The van der Waals surface area contributed by atoms with Gasteiger partial charge in [-0.15, -0.1) is 0 Å². The third-order valence-electron chi connectivity index (χ3n) is 4.03. The van der Waals surface area contributed by atoms with E-state index in [1.165, 1.54) is 6.92 Å². The van der Waals surface area contributed by atoms with E-state index in [1.807, 2.05) is 30.3 Å². The lowest BCUT2D eigenvalue weighted by Gasteiger charge is -2.43. The summed E-state index contributed by atoms with van der Waals surface area (Å²) in [6.45, 7) is 1.26. The van der Waals surface area contributed by atoms with Crippen LogP contribution in [-0.4, -0.2) is 43.0 Å². The molecule has 13 nitrogen and oxygen atoms in total. The average Bonchev–Trinajstić information content (AvgIpc) is 2.69. The van der Waals surface area contributed by atoms with Gasteiger partial charge in [0.25, 0.3) is 0 Å². The maximum atomic E-state index is 11.7. The molecule has 28 heavy (non-hydrogen) atoms. The Kier molecular flexibility index (Phi) is 7.92. The van der Waals surface area contributed by atoms with E-state index in [0.717, 1.165) is 5.56 Å². The molecule has 1 fully saturated rings.